The number of amides is 2. The fourth-order valence-electron chi connectivity index (χ4n) is 4.74. The van der Waals surface area contributed by atoms with Gasteiger partial charge in [-0.2, -0.15) is 13.2 Å². The summed E-state index contributed by atoms with van der Waals surface area (Å²) in [6, 6.07) is 7.48. The number of halogens is 4. The maximum atomic E-state index is 13.9. The standard InChI is InChI=1S/C28H31ClF3N5O2/c1-27(2,3)17-9-11-19(12-10-17)37(26(39)21-15-33-16-34-21)23(25(38)35-18-7-5-4-6-8-18)20-13-14-22(28(30,31)32)36-24(20)29/h9-16,18,23H,4-8H2,1-3H3,(H,33,34)(H,35,38). The van der Waals surface area contributed by atoms with E-state index in [1.54, 1.807) is 12.1 Å². The molecule has 39 heavy (non-hydrogen) atoms. The van der Waals surface area contributed by atoms with E-state index in [0.717, 1.165) is 49.8 Å². The van der Waals surface area contributed by atoms with Crippen LogP contribution in [0.4, 0.5) is 18.9 Å². The Kier molecular flexibility index (Phi) is 8.34. The van der Waals surface area contributed by atoms with Crippen LogP contribution in [0.5, 0.6) is 0 Å². The number of pyridine rings is 1. The lowest BCUT2D eigenvalue weighted by Crippen LogP contribution is -2.47. The summed E-state index contributed by atoms with van der Waals surface area (Å²) in [6.07, 6.45) is 2.43. The molecule has 1 aliphatic rings. The highest BCUT2D eigenvalue weighted by Crippen LogP contribution is 2.36. The van der Waals surface area contributed by atoms with Crippen molar-refractivity contribution in [2.75, 3.05) is 4.90 Å². The van der Waals surface area contributed by atoms with Gasteiger partial charge in [0.05, 0.1) is 12.5 Å². The van der Waals surface area contributed by atoms with E-state index < -0.39 is 34.9 Å². The highest BCUT2D eigenvalue weighted by molar-refractivity contribution is 6.30. The molecule has 0 bridgehead atoms. The second-order valence-electron chi connectivity index (χ2n) is 10.8. The zero-order valence-corrected chi connectivity index (χ0v) is 22.7. The molecule has 3 aromatic rings. The minimum Gasteiger partial charge on any atom is -0.351 e. The highest BCUT2D eigenvalue weighted by Gasteiger charge is 2.39. The molecule has 1 atom stereocenters. The van der Waals surface area contributed by atoms with Gasteiger partial charge < -0.3 is 10.3 Å². The Morgan fingerprint density at radius 2 is 1.72 bits per heavy atom. The van der Waals surface area contributed by atoms with Crippen molar-refractivity contribution in [3.8, 4) is 0 Å². The fourth-order valence-corrected chi connectivity index (χ4v) is 5.00. The molecule has 0 saturated heterocycles. The van der Waals surface area contributed by atoms with Crippen LogP contribution in [0.1, 0.15) is 86.2 Å². The molecule has 0 spiro atoms. The first-order valence-electron chi connectivity index (χ1n) is 12.8. The molecular weight excluding hydrogens is 531 g/mol. The van der Waals surface area contributed by atoms with Crippen molar-refractivity contribution >= 4 is 29.1 Å². The molecule has 1 unspecified atom stereocenters. The van der Waals surface area contributed by atoms with Crippen LogP contribution in [-0.4, -0.2) is 32.8 Å². The predicted octanol–water partition coefficient (Wildman–Crippen LogP) is 6.61. The third-order valence-corrected chi connectivity index (χ3v) is 7.18. The van der Waals surface area contributed by atoms with Crippen LogP contribution in [0, 0.1) is 0 Å². The number of anilines is 1. The molecule has 1 aromatic carbocycles. The largest absolute Gasteiger partial charge is 0.433 e. The van der Waals surface area contributed by atoms with Gasteiger partial charge in [0.2, 0.25) is 5.91 Å². The zero-order chi connectivity index (χ0) is 28.4. The summed E-state index contributed by atoms with van der Waals surface area (Å²) in [5.41, 5.74) is 0.0746. The van der Waals surface area contributed by atoms with E-state index in [4.69, 9.17) is 11.6 Å². The molecule has 2 amide bonds. The normalized spacial score (nSPS) is 15.6. The topological polar surface area (TPSA) is 91.0 Å². The Bertz CT molecular complexity index is 1300. The molecule has 1 fully saturated rings. The first kappa shape index (κ1) is 28.6. The van der Waals surface area contributed by atoms with Gasteiger partial charge in [0.15, 0.2) is 0 Å². The summed E-state index contributed by atoms with van der Waals surface area (Å²) in [6.45, 7) is 6.14. The number of alkyl halides is 3. The first-order chi connectivity index (χ1) is 18.4. The zero-order valence-electron chi connectivity index (χ0n) is 22.0. The number of H-pyrrole nitrogens is 1. The van der Waals surface area contributed by atoms with Crippen LogP contribution in [0.15, 0.2) is 48.9 Å². The smallest absolute Gasteiger partial charge is 0.351 e. The average Bonchev–Trinajstić information content (AvgIpc) is 3.42. The van der Waals surface area contributed by atoms with Crippen molar-refractivity contribution in [1.29, 1.82) is 0 Å². The summed E-state index contributed by atoms with van der Waals surface area (Å²) in [5.74, 6) is -1.16. The number of rotatable bonds is 6. The van der Waals surface area contributed by atoms with E-state index in [9.17, 15) is 22.8 Å². The molecule has 1 saturated carbocycles. The molecule has 7 nitrogen and oxygen atoms in total. The van der Waals surface area contributed by atoms with Crippen LogP contribution in [0.2, 0.25) is 5.15 Å². The third-order valence-electron chi connectivity index (χ3n) is 6.88. The third kappa shape index (κ3) is 6.61. The Morgan fingerprint density at radius 3 is 2.26 bits per heavy atom. The predicted molar refractivity (Wildman–Crippen MR) is 143 cm³/mol. The summed E-state index contributed by atoms with van der Waals surface area (Å²) >= 11 is 6.31. The average molecular weight is 562 g/mol. The quantitative estimate of drug-likeness (QED) is 0.331. The minimum atomic E-state index is -4.73. The summed E-state index contributed by atoms with van der Waals surface area (Å²) in [7, 11) is 0. The Balaban J connectivity index is 1.85. The number of imidazole rings is 1. The van der Waals surface area contributed by atoms with Gasteiger partial charge in [-0.25, -0.2) is 9.97 Å². The van der Waals surface area contributed by atoms with Gasteiger partial charge in [0, 0.05) is 17.3 Å². The maximum Gasteiger partial charge on any atom is 0.433 e. The lowest BCUT2D eigenvalue weighted by Gasteiger charge is -2.33. The lowest BCUT2D eigenvalue weighted by molar-refractivity contribution is -0.141. The Labute approximate surface area is 230 Å². The number of nitrogens with one attached hydrogen (secondary N) is 2. The van der Waals surface area contributed by atoms with Crippen molar-refractivity contribution in [3.63, 3.8) is 0 Å². The van der Waals surface area contributed by atoms with Gasteiger partial charge in [-0.3, -0.25) is 14.5 Å². The van der Waals surface area contributed by atoms with Crippen molar-refractivity contribution in [1.82, 2.24) is 20.3 Å². The first-order valence-corrected chi connectivity index (χ1v) is 13.2. The second kappa shape index (κ2) is 11.4. The van der Waals surface area contributed by atoms with E-state index in [1.807, 2.05) is 32.9 Å². The lowest BCUT2D eigenvalue weighted by atomic mass is 9.87. The highest BCUT2D eigenvalue weighted by atomic mass is 35.5. The van der Waals surface area contributed by atoms with Gasteiger partial charge in [0.25, 0.3) is 5.91 Å². The van der Waals surface area contributed by atoms with Gasteiger partial charge >= 0.3 is 6.18 Å². The fraction of sp³-hybridized carbons (Fsp3) is 0.429. The molecule has 1 aliphatic carbocycles. The van der Waals surface area contributed by atoms with Gasteiger partial charge in [-0.15, -0.1) is 0 Å². The van der Waals surface area contributed by atoms with Gasteiger partial charge in [-0.1, -0.05) is 69.8 Å². The number of aromatic nitrogens is 3. The summed E-state index contributed by atoms with van der Waals surface area (Å²) < 4.78 is 40.1. The van der Waals surface area contributed by atoms with Crippen LogP contribution >= 0.6 is 11.6 Å². The second-order valence-corrected chi connectivity index (χ2v) is 11.1. The molecule has 2 heterocycles. The van der Waals surface area contributed by atoms with Crippen LogP contribution in [0.3, 0.4) is 0 Å². The van der Waals surface area contributed by atoms with Crippen molar-refractivity contribution < 1.29 is 22.8 Å². The summed E-state index contributed by atoms with van der Waals surface area (Å²) in [4.78, 5) is 39.2. The molecule has 2 aromatic heterocycles. The van der Waals surface area contributed by atoms with E-state index in [2.05, 4.69) is 20.3 Å². The van der Waals surface area contributed by atoms with E-state index in [0.29, 0.717) is 5.69 Å². The Hall–Kier alpha value is -3.40. The number of nitrogens with zero attached hydrogens (tertiary/aromatic N) is 3. The van der Waals surface area contributed by atoms with E-state index in [-0.39, 0.29) is 22.7 Å². The number of carbonyl (C=O) groups excluding carboxylic acids is 2. The van der Waals surface area contributed by atoms with E-state index in [1.165, 1.54) is 17.4 Å². The monoisotopic (exact) mass is 561 g/mol. The summed E-state index contributed by atoms with van der Waals surface area (Å²) in [5, 5.41) is 2.50. The van der Waals surface area contributed by atoms with Crippen molar-refractivity contribution in [2.24, 2.45) is 0 Å². The maximum absolute atomic E-state index is 13.9. The Morgan fingerprint density at radius 1 is 1.05 bits per heavy atom. The molecule has 11 heteroatoms. The molecule has 4 rings (SSSR count). The molecular formula is C28H31ClF3N5O2. The molecule has 0 aliphatic heterocycles. The minimum absolute atomic E-state index is 0.0225. The number of hydrogen-bond acceptors (Lipinski definition) is 4. The number of benzene rings is 1. The van der Waals surface area contributed by atoms with Crippen LogP contribution in [0.25, 0.3) is 0 Å². The van der Waals surface area contributed by atoms with Crippen LogP contribution < -0.4 is 10.2 Å². The molecule has 0 radical (unpaired) electrons. The van der Waals surface area contributed by atoms with Crippen molar-refractivity contribution in [3.05, 3.63) is 76.6 Å². The molecule has 208 valence electrons. The number of aromatic amines is 1. The van der Waals surface area contributed by atoms with Crippen molar-refractivity contribution in [2.45, 2.75) is 76.6 Å². The van der Waals surface area contributed by atoms with Gasteiger partial charge in [0.1, 0.15) is 22.6 Å². The van der Waals surface area contributed by atoms with Gasteiger partial charge in [-0.05, 0) is 42.0 Å². The number of carbonyl (C=O) groups is 2. The molecule has 2 N–H and O–H groups in total. The number of hydrogen-bond donors (Lipinski definition) is 2. The van der Waals surface area contributed by atoms with E-state index >= 15 is 0 Å². The SMILES string of the molecule is CC(C)(C)c1ccc(N(C(=O)c2cnc[nH]2)C(C(=O)NC2CCCCC2)c2ccc(C(F)(F)F)nc2Cl)cc1. The van der Waals surface area contributed by atoms with Crippen LogP contribution in [-0.2, 0) is 16.4 Å².